The molecule has 2 rings (SSSR count). The lowest BCUT2D eigenvalue weighted by atomic mass is 9.93. The van der Waals surface area contributed by atoms with Gasteiger partial charge in [-0.25, -0.2) is 0 Å². The van der Waals surface area contributed by atoms with E-state index in [-0.39, 0.29) is 18.0 Å². The topological polar surface area (TPSA) is 81.2 Å². The summed E-state index contributed by atoms with van der Waals surface area (Å²) in [6.07, 6.45) is 5.99. The number of imidazole rings is 1. The molecule has 6 nitrogen and oxygen atoms in total. The standard InChI is InChI=1S/C9H13N3O3/c13-8-3-1-7(2-4-8)11-5-9(10-6-11)12(14)15/h5-8,13H,1-4H2. The van der Waals surface area contributed by atoms with E-state index in [1.54, 1.807) is 4.57 Å². The molecule has 0 atom stereocenters. The van der Waals surface area contributed by atoms with Crippen molar-refractivity contribution in [3.05, 3.63) is 22.6 Å². The van der Waals surface area contributed by atoms with Gasteiger partial charge in [-0.15, -0.1) is 0 Å². The average molecular weight is 211 g/mol. The molecule has 0 aliphatic heterocycles. The monoisotopic (exact) mass is 211 g/mol. The zero-order valence-electron chi connectivity index (χ0n) is 8.24. The molecular formula is C9H13N3O3. The van der Waals surface area contributed by atoms with Crippen LogP contribution < -0.4 is 0 Å². The number of nitrogens with zero attached hydrogens (tertiary/aromatic N) is 3. The number of hydrogen-bond acceptors (Lipinski definition) is 4. The Labute approximate surface area is 86.7 Å². The number of aliphatic hydroxyl groups excluding tert-OH is 1. The van der Waals surface area contributed by atoms with Gasteiger partial charge in [0.1, 0.15) is 6.20 Å². The quantitative estimate of drug-likeness (QED) is 0.590. The van der Waals surface area contributed by atoms with Crippen molar-refractivity contribution in [3.63, 3.8) is 0 Å². The lowest BCUT2D eigenvalue weighted by Gasteiger charge is -2.25. The van der Waals surface area contributed by atoms with Crippen molar-refractivity contribution in [1.29, 1.82) is 0 Å². The third-order valence-corrected chi connectivity index (χ3v) is 2.86. The molecule has 0 aromatic carbocycles. The number of aliphatic hydroxyl groups is 1. The van der Waals surface area contributed by atoms with Crippen LogP contribution in [0, 0.1) is 10.1 Å². The predicted molar refractivity (Wildman–Crippen MR) is 52.4 cm³/mol. The first-order chi connectivity index (χ1) is 7.16. The third-order valence-electron chi connectivity index (χ3n) is 2.86. The molecular weight excluding hydrogens is 198 g/mol. The normalized spacial score (nSPS) is 26.5. The van der Waals surface area contributed by atoms with Gasteiger partial charge < -0.3 is 19.8 Å². The molecule has 0 spiro atoms. The molecule has 0 bridgehead atoms. The van der Waals surface area contributed by atoms with E-state index in [9.17, 15) is 15.2 Å². The van der Waals surface area contributed by atoms with E-state index in [1.165, 1.54) is 12.5 Å². The maximum Gasteiger partial charge on any atom is 0.381 e. The summed E-state index contributed by atoms with van der Waals surface area (Å²) >= 11 is 0. The molecule has 0 saturated heterocycles. The van der Waals surface area contributed by atoms with Crippen LogP contribution >= 0.6 is 0 Å². The van der Waals surface area contributed by atoms with Crippen molar-refractivity contribution in [2.75, 3.05) is 0 Å². The largest absolute Gasteiger partial charge is 0.393 e. The van der Waals surface area contributed by atoms with Crippen molar-refractivity contribution >= 4 is 5.82 Å². The molecule has 0 amide bonds. The first-order valence-corrected chi connectivity index (χ1v) is 5.03. The highest BCUT2D eigenvalue weighted by atomic mass is 16.6. The van der Waals surface area contributed by atoms with Crippen molar-refractivity contribution in [1.82, 2.24) is 9.55 Å². The minimum absolute atomic E-state index is 0.110. The van der Waals surface area contributed by atoms with Crippen molar-refractivity contribution in [2.45, 2.75) is 37.8 Å². The van der Waals surface area contributed by atoms with Gasteiger partial charge in [-0.05, 0) is 35.6 Å². The van der Waals surface area contributed by atoms with Crippen molar-refractivity contribution < 1.29 is 10.0 Å². The molecule has 1 N–H and O–H groups in total. The van der Waals surface area contributed by atoms with E-state index in [1.807, 2.05) is 0 Å². The van der Waals surface area contributed by atoms with E-state index in [0.29, 0.717) is 0 Å². The molecule has 1 aromatic rings. The zero-order chi connectivity index (χ0) is 10.8. The van der Waals surface area contributed by atoms with E-state index in [4.69, 9.17) is 0 Å². The van der Waals surface area contributed by atoms with Gasteiger partial charge in [0.15, 0.2) is 0 Å². The molecule has 0 radical (unpaired) electrons. The fourth-order valence-electron chi connectivity index (χ4n) is 1.98. The highest BCUT2D eigenvalue weighted by Crippen LogP contribution is 2.29. The summed E-state index contributed by atoms with van der Waals surface area (Å²) in [5.74, 6) is -0.110. The summed E-state index contributed by atoms with van der Waals surface area (Å²) in [5, 5.41) is 19.8. The summed E-state index contributed by atoms with van der Waals surface area (Å²) < 4.78 is 1.78. The summed E-state index contributed by atoms with van der Waals surface area (Å²) in [5.41, 5.74) is 0. The molecule has 15 heavy (non-hydrogen) atoms. The van der Waals surface area contributed by atoms with E-state index < -0.39 is 4.92 Å². The maximum absolute atomic E-state index is 10.4. The average Bonchev–Trinajstić information content (AvgIpc) is 2.68. The Kier molecular flexibility index (Phi) is 2.68. The summed E-state index contributed by atoms with van der Waals surface area (Å²) in [6.45, 7) is 0. The molecule has 1 aliphatic rings. The molecule has 1 aromatic heterocycles. The summed E-state index contributed by atoms with van der Waals surface area (Å²) in [6, 6.07) is 0.245. The SMILES string of the molecule is O=[N+]([O-])c1cn(C2CCC(O)CC2)cn1. The maximum atomic E-state index is 10.4. The third kappa shape index (κ3) is 2.15. The number of aromatic nitrogens is 2. The molecule has 1 heterocycles. The minimum Gasteiger partial charge on any atom is -0.393 e. The van der Waals surface area contributed by atoms with Crippen LogP contribution in [0.2, 0.25) is 0 Å². The Morgan fingerprint density at radius 2 is 2.13 bits per heavy atom. The van der Waals surface area contributed by atoms with Crippen LogP contribution in [0.25, 0.3) is 0 Å². The second-order valence-corrected chi connectivity index (χ2v) is 3.90. The highest BCUT2D eigenvalue weighted by Gasteiger charge is 2.22. The first-order valence-electron chi connectivity index (χ1n) is 5.03. The number of rotatable bonds is 2. The zero-order valence-corrected chi connectivity index (χ0v) is 8.24. The van der Waals surface area contributed by atoms with Gasteiger partial charge in [0.25, 0.3) is 0 Å². The second-order valence-electron chi connectivity index (χ2n) is 3.90. The summed E-state index contributed by atoms with van der Waals surface area (Å²) in [7, 11) is 0. The van der Waals surface area contributed by atoms with Crippen LogP contribution in [-0.2, 0) is 0 Å². The van der Waals surface area contributed by atoms with Crippen LogP contribution in [0.1, 0.15) is 31.7 Å². The van der Waals surface area contributed by atoms with E-state index in [2.05, 4.69) is 4.98 Å². The van der Waals surface area contributed by atoms with Gasteiger partial charge in [0.2, 0.25) is 6.33 Å². The Morgan fingerprint density at radius 3 is 2.67 bits per heavy atom. The van der Waals surface area contributed by atoms with Gasteiger partial charge in [-0.1, -0.05) is 0 Å². The van der Waals surface area contributed by atoms with Gasteiger partial charge >= 0.3 is 5.82 Å². The summed E-state index contributed by atoms with van der Waals surface area (Å²) in [4.78, 5) is 13.7. The van der Waals surface area contributed by atoms with Crippen LogP contribution in [0.3, 0.4) is 0 Å². The van der Waals surface area contributed by atoms with Crippen LogP contribution in [0.5, 0.6) is 0 Å². The molecule has 1 fully saturated rings. The fourth-order valence-corrected chi connectivity index (χ4v) is 1.98. The van der Waals surface area contributed by atoms with Crippen LogP contribution in [-0.4, -0.2) is 25.7 Å². The van der Waals surface area contributed by atoms with Crippen molar-refractivity contribution in [2.24, 2.45) is 0 Å². The minimum atomic E-state index is -0.492. The van der Waals surface area contributed by atoms with Crippen LogP contribution in [0.4, 0.5) is 5.82 Å². The van der Waals surface area contributed by atoms with Gasteiger partial charge in [-0.3, -0.25) is 0 Å². The molecule has 6 heteroatoms. The number of nitro groups is 1. The van der Waals surface area contributed by atoms with E-state index in [0.717, 1.165) is 25.7 Å². The predicted octanol–water partition coefficient (Wildman–Crippen LogP) is 1.27. The Bertz CT molecular complexity index is 355. The van der Waals surface area contributed by atoms with E-state index >= 15 is 0 Å². The Hall–Kier alpha value is -1.43. The van der Waals surface area contributed by atoms with Gasteiger partial charge in [-0.2, -0.15) is 0 Å². The lowest BCUT2D eigenvalue weighted by Crippen LogP contribution is -2.20. The molecule has 0 unspecified atom stereocenters. The fraction of sp³-hybridized carbons (Fsp3) is 0.667. The lowest BCUT2D eigenvalue weighted by molar-refractivity contribution is -0.389. The smallest absolute Gasteiger partial charge is 0.381 e. The number of hydrogen-bond donors (Lipinski definition) is 1. The first kappa shape index (κ1) is 10.1. The second kappa shape index (κ2) is 3.98. The highest BCUT2D eigenvalue weighted by molar-refractivity contribution is 5.13. The van der Waals surface area contributed by atoms with Crippen LogP contribution in [0.15, 0.2) is 12.5 Å². The Balaban J connectivity index is 2.06. The molecule has 1 saturated carbocycles. The van der Waals surface area contributed by atoms with Crippen molar-refractivity contribution in [3.8, 4) is 0 Å². The van der Waals surface area contributed by atoms with Gasteiger partial charge in [0, 0.05) is 6.04 Å². The Morgan fingerprint density at radius 1 is 1.47 bits per heavy atom. The molecule has 82 valence electrons. The molecule has 1 aliphatic carbocycles. The van der Waals surface area contributed by atoms with Gasteiger partial charge in [0.05, 0.1) is 6.10 Å².